The fourth-order valence-corrected chi connectivity index (χ4v) is 6.33. The van der Waals surface area contributed by atoms with Crippen molar-refractivity contribution in [3.05, 3.63) is 23.8 Å². The largest absolute Gasteiger partial charge is 0.460 e. The molecule has 0 aliphatic carbocycles. The molecule has 4 atom stereocenters. The predicted octanol–water partition coefficient (Wildman–Crippen LogP) is 5.16. The lowest BCUT2D eigenvalue weighted by molar-refractivity contribution is -0.196. The number of nitrogens with one attached hydrogen (secondary N) is 4. The highest BCUT2D eigenvalue weighted by molar-refractivity contribution is 6.36. The van der Waals surface area contributed by atoms with E-state index in [1.54, 1.807) is 0 Å². The van der Waals surface area contributed by atoms with Crippen molar-refractivity contribution < 1.29 is 48.0 Å². The van der Waals surface area contributed by atoms with Crippen LogP contribution in [0.15, 0.2) is 18.2 Å². The summed E-state index contributed by atoms with van der Waals surface area (Å²) in [7, 11) is 0. The van der Waals surface area contributed by atoms with Crippen molar-refractivity contribution in [1.82, 2.24) is 21.3 Å². The van der Waals surface area contributed by atoms with Gasteiger partial charge >= 0.3 is 0 Å². The molecular formula is C45H83AlN5O10. The Morgan fingerprint density at radius 3 is 2.18 bits per heavy atom. The van der Waals surface area contributed by atoms with E-state index in [9.17, 15) is 24.3 Å². The molecule has 16 heteroatoms. The Morgan fingerprint density at radius 2 is 1.56 bits per heavy atom. The molecule has 2 rings (SSSR count). The summed E-state index contributed by atoms with van der Waals surface area (Å²) in [6.45, 7) is 26.0. The van der Waals surface area contributed by atoms with Gasteiger partial charge in [0.25, 0.3) is 0 Å². The molecule has 15 nitrogen and oxygen atoms in total. The number of aliphatic hydroxyl groups is 1. The monoisotopic (exact) mass is 881 g/mol. The Hall–Kier alpha value is -2.97. The first kappa shape index (κ1) is 58.0. The first-order valence-electron chi connectivity index (χ1n) is 22.3. The van der Waals surface area contributed by atoms with Gasteiger partial charge < -0.3 is 55.8 Å². The van der Waals surface area contributed by atoms with E-state index in [1.165, 1.54) is 0 Å². The Kier molecular flexibility index (Phi) is 31.1. The normalized spacial score (nSPS) is 16.8. The van der Waals surface area contributed by atoms with E-state index in [2.05, 4.69) is 61.7 Å². The van der Waals surface area contributed by atoms with Crippen LogP contribution in [-0.2, 0) is 38.1 Å². The molecule has 0 aromatic heterocycles. The number of rotatable bonds is 27. The highest BCUT2D eigenvalue weighted by Gasteiger charge is 2.30. The van der Waals surface area contributed by atoms with Crippen LogP contribution in [0.3, 0.4) is 0 Å². The van der Waals surface area contributed by atoms with Gasteiger partial charge in [-0.3, -0.25) is 19.2 Å². The minimum atomic E-state index is -0.687. The number of hydrogen-bond donors (Lipinski definition) is 6. The zero-order valence-electron chi connectivity index (χ0n) is 39.7. The molecule has 7 N–H and O–H groups in total. The van der Waals surface area contributed by atoms with E-state index < -0.39 is 12.4 Å². The lowest BCUT2D eigenvalue weighted by atomic mass is 9.91. The van der Waals surface area contributed by atoms with E-state index >= 15 is 0 Å². The molecule has 4 unspecified atom stereocenters. The van der Waals surface area contributed by atoms with Crippen LogP contribution in [0.2, 0.25) is 5.79 Å². The maximum Gasteiger partial charge on any atom is 0.246 e. The minimum Gasteiger partial charge on any atom is -0.460 e. The topological polar surface area (TPSA) is 209 Å². The van der Waals surface area contributed by atoms with Crippen LogP contribution in [0.4, 0.5) is 5.69 Å². The molecule has 0 saturated carbocycles. The minimum absolute atomic E-state index is 0.0298. The molecular weight excluding hydrogens is 798 g/mol. The zero-order valence-corrected chi connectivity index (χ0v) is 40.9. The van der Waals surface area contributed by atoms with Crippen LogP contribution in [-0.4, -0.2) is 128 Å². The maximum absolute atomic E-state index is 12.0. The number of carbonyl (C=O) groups is 4. The van der Waals surface area contributed by atoms with Gasteiger partial charge in [-0.15, -0.1) is 5.79 Å². The Labute approximate surface area is 374 Å². The summed E-state index contributed by atoms with van der Waals surface area (Å²) in [6, 6.07) is 5.70. The molecule has 61 heavy (non-hydrogen) atoms. The summed E-state index contributed by atoms with van der Waals surface area (Å²) < 4.78 is 28.2. The van der Waals surface area contributed by atoms with E-state index in [0.717, 1.165) is 24.8 Å². The Balaban J connectivity index is 0.00000118. The quantitative estimate of drug-likeness (QED) is 0.0386. The van der Waals surface area contributed by atoms with Crippen molar-refractivity contribution in [1.29, 1.82) is 0 Å². The highest BCUT2D eigenvalue weighted by atomic mass is 27.1. The number of anilines is 1. The summed E-state index contributed by atoms with van der Waals surface area (Å²) >= 11 is 0.138. The van der Waals surface area contributed by atoms with Gasteiger partial charge in [0.15, 0.2) is 0 Å². The van der Waals surface area contributed by atoms with E-state index in [4.69, 9.17) is 29.4 Å². The smallest absolute Gasteiger partial charge is 0.246 e. The number of benzene rings is 1. The van der Waals surface area contributed by atoms with Crippen molar-refractivity contribution in [2.24, 2.45) is 16.7 Å². The molecule has 1 saturated heterocycles. The van der Waals surface area contributed by atoms with Gasteiger partial charge in [-0.1, -0.05) is 85.6 Å². The number of ether oxygens (including phenoxy) is 5. The molecule has 1 aliphatic rings. The molecule has 0 spiro atoms. The van der Waals surface area contributed by atoms with Gasteiger partial charge in [0, 0.05) is 37.9 Å². The molecule has 1 aromatic carbocycles. The summed E-state index contributed by atoms with van der Waals surface area (Å²) in [4.78, 5) is 46.9. The third-order valence-electron chi connectivity index (χ3n) is 9.77. The summed E-state index contributed by atoms with van der Waals surface area (Å²) in [5.74, 6) is 2.66. The second kappa shape index (κ2) is 32.7. The second-order valence-electron chi connectivity index (χ2n) is 17.1. The average Bonchev–Trinajstić information content (AvgIpc) is 3.22. The second-order valence-corrected chi connectivity index (χ2v) is 18.6. The van der Waals surface area contributed by atoms with Crippen LogP contribution in [0.5, 0.6) is 5.75 Å². The van der Waals surface area contributed by atoms with Gasteiger partial charge in [0.2, 0.25) is 45.1 Å². The van der Waals surface area contributed by atoms with Crippen molar-refractivity contribution in [2.75, 3.05) is 71.6 Å². The zero-order chi connectivity index (χ0) is 46.4. The standard InChI is InChI=1S/C25H49N3O6.C17H25N2O4.C2H6.CH3.Al/c1-8-24(4,5)18-34-19-25(6,7)17-28-22(30)15-27-23(31)16-33-14-13-32-12-11-26-21(29)10-9-20(2)3;1-3-16(21)19-9-8-12-5-7-15(13(18)10-12)23-17-14(20)6-4-11(2)22-17;1-2;;/h20H,8-19H2,1-7H3,(H,26,29)(H,27,31)(H,28,30);5,7-8,10-11,14,17,20H,3-4,6,9,18H2,1-2H3,(H,19,21);1-2H3;1H3;. The van der Waals surface area contributed by atoms with E-state index in [0.29, 0.717) is 82.7 Å². The number of nitrogen functional groups attached to an aromatic ring is 1. The van der Waals surface area contributed by atoms with Crippen molar-refractivity contribution in [3.63, 3.8) is 0 Å². The fourth-order valence-electron chi connectivity index (χ4n) is 5.39. The van der Waals surface area contributed by atoms with Crippen LogP contribution < -0.4 is 31.7 Å². The number of carbonyl (C=O) groups excluding carboxylic acids is 4. The lowest BCUT2D eigenvalue weighted by Gasteiger charge is -2.32. The van der Waals surface area contributed by atoms with Gasteiger partial charge in [-0.2, -0.15) is 0 Å². The molecule has 0 bridgehead atoms. The van der Waals surface area contributed by atoms with Crippen molar-refractivity contribution in [2.45, 2.75) is 144 Å². The van der Waals surface area contributed by atoms with Gasteiger partial charge in [-0.05, 0) is 56.1 Å². The molecule has 1 aromatic rings. The van der Waals surface area contributed by atoms with Gasteiger partial charge in [0.1, 0.15) is 18.5 Å². The molecule has 1 radical (unpaired) electrons. The number of aliphatic hydroxyl groups excluding tert-OH is 1. The first-order chi connectivity index (χ1) is 28.8. The molecule has 1 fully saturated rings. The fraction of sp³-hybridized carbons (Fsp3) is 0.778. The Morgan fingerprint density at radius 1 is 0.885 bits per heavy atom. The predicted molar refractivity (Wildman–Crippen MR) is 243 cm³/mol. The molecule has 351 valence electrons. The van der Waals surface area contributed by atoms with Crippen LogP contribution in [0.25, 0.3) is 0 Å². The first-order valence-corrected chi connectivity index (χ1v) is 24.1. The van der Waals surface area contributed by atoms with Crippen LogP contribution >= 0.6 is 0 Å². The lowest BCUT2D eigenvalue weighted by Crippen LogP contribution is -2.43. The van der Waals surface area contributed by atoms with Crippen LogP contribution in [0, 0.1) is 16.7 Å². The molecule has 1 aliphatic heterocycles. The third kappa shape index (κ3) is 28.4. The highest BCUT2D eigenvalue weighted by Crippen LogP contribution is 2.30. The number of hydrogen-bond acceptors (Lipinski definition) is 11. The van der Waals surface area contributed by atoms with Gasteiger partial charge in [-0.25, -0.2) is 0 Å². The van der Waals surface area contributed by atoms with Crippen molar-refractivity contribution in [3.8, 4) is 5.75 Å². The van der Waals surface area contributed by atoms with Crippen molar-refractivity contribution >= 4 is 44.5 Å². The van der Waals surface area contributed by atoms with E-state index in [-0.39, 0.29) is 80.3 Å². The average molecular weight is 881 g/mol. The van der Waals surface area contributed by atoms with Gasteiger partial charge in [0.05, 0.1) is 51.4 Å². The summed E-state index contributed by atoms with van der Waals surface area (Å²) in [5, 5.41) is 21.2. The SMILES string of the molecule is CC.CCC(=O)NC[CH]([Al][CH3])c1ccc(OC2OC(C)CCC2O)c(N)c1.CCC(C)(C)COCC(C)(C)CNC(=O)CNC(=O)COCCOCCNC(=O)CCC(C)C. The molecule has 1 heterocycles. The number of nitrogens with two attached hydrogens (primary N) is 1. The summed E-state index contributed by atoms with van der Waals surface area (Å²) in [6.07, 6.45) is 3.13. The van der Waals surface area contributed by atoms with Crippen LogP contribution in [0.1, 0.15) is 125 Å². The maximum atomic E-state index is 12.0. The molecule has 4 amide bonds. The van der Waals surface area contributed by atoms with E-state index in [1.807, 2.05) is 59.7 Å². The summed E-state index contributed by atoms with van der Waals surface area (Å²) in [5.41, 5.74) is 7.70. The third-order valence-corrected chi connectivity index (χ3v) is 11.2. The Bertz CT molecular complexity index is 1380. The number of amides is 4.